The highest BCUT2D eigenvalue weighted by Gasteiger charge is 2.35. The Balaban J connectivity index is 1.97. The SMILES string of the molecule is CC(C)(C)CCOC(c1ccccc1)c1cn([C@H]2C[C@H](O)[C@@H](CO)O2)c(=O)[nH]c1=O. The van der Waals surface area contributed by atoms with Crippen LogP contribution in [-0.4, -0.2) is 45.2 Å². The van der Waals surface area contributed by atoms with Gasteiger partial charge in [-0.15, -0.1) is 0 Å². The summed E-state index contributed by atoms with van der Waals surface area (Å²) in [7, 11) is 0. The number of aromatic nitrogens is 2. The van der Waals surface area contributed by atoms with E-state index in [2.05, 4.69) is 25.8 Å². The molecule has 4 atom stereocenters. The zero-order valence-electron chi connectivity index (χ0n) is 17.6. The fourth-order valence-electron chi connectivity index (χ4n) is 3.43. The maximum Gasteiger partial charge on any atom is 0.330 e. The molecule has 1 aromatic heterocycles. The van der Waals surface area contributed by atoms with Crippen LogP contribution in [0.3, 0.4) is 0 Å². The molecule has 0 amide bonds. The average molecular weight is 418 g/mol. The first-order valence-electron chi connectivity index (χ1n) is 10.2. The molecule has 3 N–H and O–H groups in total. The Morgan fingerprint density at radius 3 is 2.57 bits per heavy atom. The molecule has 8 nitrogen and oxygen atoms in total. The monoisotopic (exact) mass is 418 g/mol. The van der Waals surface area contributed by atoms with Gasteiger partial charge in [-0.3, -0.25) is 14.3 Å². The second kappa shape index (κ2) is 9.26. The third kappa shape index (κ3) is 5.26. The Kier molecular flexibility index (Phi) is 6.92. The van der Waals surface area contributed by atoms with Crippen LogP contribution in [0.2, 0.25) is 0 Å². The molecule has 0 bridgehead atoms. The highest BCUT2D eigenvalue weighted by atomic mass is 16.5. The largest absolute Gasteiger partial charge is 0.394 e. The Hall–Kier alpha value is -2.26. The molecule has 0 spiro atoms. The number of aliphatic hydroxyl groups excluding tert-OH is 2. The summed E-state index contributed by atoms with van der Waals surface area (Å²) >= 11 is 0. The molecular weight excluding hydrogens is 388 g/mol. The third-order valence-electron chi connectivity index (χ3n) is 5.21. The lowest BCUT2D eigenvalue weighted by Crippen LogP contribution is -2.35. The number of aliphatic hydroxyl groups is 2. The molecular formula is C22H30N2O6. The van der Waals surface area contributed by atoms with Crippen molar-refractivity contribution >= 4 is 0 Å². The van der Waals surface area contributed by atoms with Gasteiger partial charge in [0.15, 0.2) is 0 Å². The van der Waals surface area contributed by atoms with Crippen molar-refractivity contribution in [3.63, 3.8) is 0 Å². The quantitative estimate of drug-likeness (QED) is 0.631. The topological polar surface area (TPSA) is 114 Å². The number of nitrogens with zero attached hydrogens (tertiary/aromatic N) is 1. The van der Waals surface area contributed by atoms with Gasteiger partial charge in [-0.1, -0.05) is 51.1 Å². The number of benzene rings is 1. The molecule has 0 aliphatic carbocycles. The van der Waals surface area contributed by atoms with Gasteiger partial charge in [0.25, 0.3) is 5.56 Å². The Morgan fingerprint density at radius 1 is 1.27 bits per heavy atom. The summed E-state index contributed by atoms with van der Waals surface area (Å²) in [6.07, 6.45) is -0.745. The predicted molar refractivity (Wildman–Crippen MR) is 111 cm³/mol. The lowest BCUT2D eigenvalue weighted by molar-refractivity contribution is -0.0462. The summed E-state index contributed by atoms with van der Waals surface area (Å²) in [5.41, 5.74) is -0.0262. The highest BCUT2D eigenvalue weighted by Crippen LogP contribution is 2.29. The van der Waals surface area contributed by atoms with Crippen LogP contribution >= 0.6 is 0 Å². The number of nitrogens with one attached hydrogen (secondary N) is 1. The number of aromatic amines is 1. The van der Waals surface area contributed by atoms with E-state index in [-0.39, 0.29) is 24.0 Å². The van der Waals surface area contributed by atoms with E-state index >= 15 is 0 Å². The van der Waals surface area contributed by atoms with Gasteiger partial charge in [-0.25, -0.2) is 4.79 Å². The molecule has 0 radical (unpaired) electrons. The average Bonchev–Trinajstić information content (AvgIpc) is 3.06. The van der Waals surface area contributed by atoms with Crippen LogP contribution in [0.15, 0.2) is 46.1 Å². The first-order valence-corrected chi connectivity index (χ1v) is 10.2. The minimum Gasteiger partial charge on any atom is -0.394 e. The smallest absolute Gasteiger partial charge is 0.330 e. The van der Waals surface area contributed by atoms with Gasteiger partial charge >= 0.3 is 5.69 Å². The molecule has 1 aliphatic heterocycles. The maximum absolute atomic E-state index is 12.7. The van der Waals surface area contributed by atoms with Gasteiger partial charge in [0.05, 0.1) is 18.3 Å². The molecule has 2 aromatic rings. The van der Waals surface area contributed by atoms with Crippen LogP contribution in [0.1, 0.15) is 57.1 Å². The Morgan fingerprint density at radius 2 is 1.97 bits per heavy atom. The highest BCUT2D eigenvalue weighted by molar-refractivity contribution is 5.27. The fourth-order valence-corrected chi connectivity index (χ4v) is 3.43. The minimum atomic E-state index is -0.893. The van der Waals surface area contributed by atoms with Crippen LogP contribution in [-0.2, 0) is 9.47 Å². The van der Waals surface area contributed by atoms with E-state index in [1.165, 1.54) is 10.8 Å². The second-order valence-corrected chi connectivity index (χ2v) is 8.84. The molecule has 1 aromatic carbocycles. The molecule has 3 rings (SSSR count). The van der Waals surface area contributed by atoms with Gasteiger partial charge < -0.3 is 19.7 Å². The summed E-state index contributed by atoms with van der Waals surface area (Å²) < 4.78 is 13.0. The first-order chi connectivity index (χ1) is 14.2. The van der Waals surface area contributed by atoms with E-state index in [9.17, 15) is 19.8 Å². The lowest BCUT2D eigenvalue weighted by Gasteiger charge is -2.23. The van der Waals surface area contributed by atoms with Crippen molar-refractivity contribution in [1.29, 1.82) is 0 Å². The predicted octanol–water partition coefficient (Wildman–Crippen LogP) is 1.72. The molecule has 30 heavy (non-hydrogen) atoms. The molecule has 0 saturated carbocycles. The van der Waals surface area contributed by atoms with E-state index in [1.54, 1.807) is 0 Å². The molecule has 1 saturated heterocycles. The van der Waals surface area contributed by atoms with Crippen LogP contribution in [0.5, 0.6) is 0 Å². The lowest BCUT2D eigenvalue weighted by atomic mass is 9.93. The van der Waals surface area contributed by atoms with Gasteiger partial charge in [0.2, 0.25) is 0 Å². The van der Waals surface area contributed by atoms with Crippen LogP contribution in [0.4, 0.5) is 0 Å². The summed E-state index contributed by atoms with van der Waals surface area (Å²) in [5, 5.41) is 19.3. The molecule has 1 unspecified atom stereocenters. The Bertz CT molecular complexity index is 947. The van der Waals surface area contributed by atoms with Gasteiger partial charge in [-0.05, 0) is 17.4 Å². The van der Waals surface area contributed by atoms with Crippen molar-refractivity contribution in [2.45, 2.75) is 58.2 Å². The van der Waals surface area contributed by atoms with E-state index in [1.807, 2.05) is 30.3 Å². The maximum atomic E-state index is 12.7. The van der Waals surface area contributed by atoms with Gasteiger partial charge in [0, 0.05) is 19.2 Å². The standard InChI is InChI=1S/C22H30N2O6/c1-22(2,3)9-10-29-19(14-7-5-4-6-8-14)15-12-24(21(28)23-20(15)27)18-11-16(26)17(13-25)30-18/h4-8,12,16-19,25-26H,9-11,13H2,1-3H3,(H,23,27,28)/t16-,17+,18+,19?/m0/s1. The van der Waals surface area contributed by atoms with E-state index in [4.69, 9.17) is 9.47 Å². The number of hydrogen-bond acceptors (Lipinski definition) is 6. The van der Waals surface area contributed by atoms with Gasteiger partial charge in [0.1, 0.15) is 18.4 Å². The fraction of sp³-hybridized carbons (Fsp3) is 0.545. The summed E-state index contributed by atoms with van der Waals surface area (Å²) in [6, 6.07) is 9.34. The zero-order valence-corrected chi connectivity index (χ0v) is 17.6. The van der Waals surface area contributed by atoms with Crippen molar-refractivity contribution < 1.29 is 19.7 Å². The summed E-state index contributed by atoms with van der Waals surface area (Å²) in [5.74, 6) is 0. The van der Waals surface area contributed by atoms with Crippen molar-refractivity contribution in [2.24, 2.45) is 5.41 Å². The molecule has 1 fully saturated rings. The minimum absolute atomic E-state index is 0.0690. The zero-order chi connectivity index (χ0) is 21.9. The Labute approximate surface area is 175 Å². The normalized spacial score (nSPS) is 22.9. The second-order valence-electron chi connectivity index (χ2n) is 8.84. The van der Waals surface area contributed by atoms with Crippen LogP contribution in [0, 0.1) is 5.41 Å². The van der Waals surface area contributed by atoms with Crippen molar-refractivity contribution in [3.05, 3.63) is 68.5 Å². The number of rotatable bonds is 7. The van der Waals surface area contributed by atoms with E-state index in [0.29, 0.717) is 6.61 Å². The van der Waals surface area contributed by atoms with Crippen LogP contribution in [0.25, 0.3) is 0 Å². The first kappa shape index (κ1) is 22.4. The van der Waals surface area contributed by atoms with Crippen molar-refractivity contribution in [2.75, 3.05) is 13.2 Å². The molecule has 8 heteroatoms. The number of H-pyrrole nitrogens is 1. The van der Waals surface area contributed by atoms with Crippen LogP contribution < -0.4 is 11.2 Å². The third-order valence-corrected chi connectivity index (χ3v) is 5.21. The number of ether oxygens (including phenoxy) is 2. The molecule has 1 aliphatic rings. The van der Waals surface area contributed by atoms with E-state index in [0.717, 1.165) is 12.0 Å². The van der Waals surface area contributed by atoms with Crippen molar-refractivity contribution in [1.82, 2.24) is 9.55 Å². The molecule has 2 heterocycles. The van der Waals surface area contributed by atoms with Crippen molar-refractivity contribution in [3.8, 4) is 0 Å². The summed E-state index contributed by atoms with van der Waals surface area (Å²) in [6.45, 7) is 6.42. The van der Waals surface area contributed by atoms with Gasteiger partial charge in [-0.2, -0.15) is 0 Å². The summed E-state index contributed by atoms with van der Waals surface area (Å²) in [4.78, 5) is 27.5. The number of hydrogen-bond donors (Lipinski definition) is 3. The van der Waals surface area contributed by atoms with E-state index < -0.39 is 35.8 Å². The molecule has 164 valence electrons.